The molecule has 3 aromatic carbocycles. The summed E-state index contributed by atoms with van der Waals surface area (Å²) in [5, 5.41) is 0. The van der Waals surface area contributed by atoms with Crippen molar-refractivity contribution in [2.45, 2.75) is 27.7 Å². The van der Waals surface area contributed by atoms with E-state index in [0.29, 0.717) is 11.3 Å². The lowest BCUT2D eigenvalue weighted by Gasteiger charge is -2.20. The van der Waals surface area contributed by atoms with Crippen molar-refractivity contribution in [2.75, 3.05) is 26.1 Å². The van der Waals surface area contributed by atoms with E-state index in [1.54, 1.807) is 39.0 Å². The van der Waals surface area contributed by atoms with Gasteiger partial charge in [-0.25, -0.2) is 0 Å². The Hall–Kier alpha value is -3.72. The van der Waals surface area contributed by atoms with Crippen molar-refractivity contribution in [3.05, 3.63) is 58.7 Å². The van der Waals surface area contributed by atoms with Gasteiger partial charge in [-0.05, 0) is 68.7 Å². The van der Waals surface area contributed by atoms with E-state index in [9.17, 15) is 21.4 Å². The van der Waals surface area contributed by atoms with Gasteiger partial charge in [-0.15, -0.1) is 0 Å². The molecular weight excluding hydrogens is 568 g/mol. The van der Waals surface area contributed by atoms with Gasteiger partial charge in [0.05, 0.1) is 14.2 Å². The normalized spacial score (nSPS) is 11.6. The SMILES string of the molecule is COc1c(C)ccc(Oc2ccc(Oc3c(C)cc(C)cc3OCS(=O)(=O)O)c(C)c2OCS(=O)(=O)O)c1OC. The minimum atomic E-state index is -4.53. The Kier molecular flexibility index (Phi) is 9.40. The molecule has 0 unspecified atom stereocenters. The monoisotopic (exact) mass is 598 g/mol. The molecule has 0 fully saturated rings. The van der Waals surface area contributed by atoms with Crippen LogP contribution in [0.5, 0.6) is 46.0 Å². The molecule has 14 heteroatoms. The van der Waals surface area contributed by atoms with Gasteiger partial charge in [0, 0.05) is 5.56 Å². The van der Waals surface area contributed by atoms with Gasteiger partial charge in [-0.3, -0.25) is 9.11 Å². The van der Waals surface area contributed by atoms with Crippen LogP contribution < -0.4 is 28.4 Å². The molecule has 0 radical (unpaired) electrons. The van der Waals surface area contributed by atoms with E-state index >= 15 is 0 Å². The molecule has 0 spiro atoms. The summed E-state index contributed by atoms with van der Waals surface area (Å²) in [6, 6.07) is 9.66. The molecule has 0 aromatic heterocycles. The summed E-state index contributed by atoms with van der Waals surface area (Å²) >= 11 is 0. The predicted molar refractivity (Wildman–Crippen MR) is 146 cm³/mol. The minimum absolute atomic E-state index is 0.0479. The Morgan fingerprint density at radius 2 is 1.15 bits per heavy atom. The maximum Gasteiger partial charge on any atom is 0.300 e. The van der Waals surface area contributed by atoms with Gasteiger partial charge in [0.25, 0.3) is 0 Å². The maximum absolute atomic E-state index is 11.5. The maximum atomic E-state index is 11.5. The van der Waals surface area contributed by atoms with Crippen LogP contribution in [0.2, 0.25) is 0 Å². The fourth-order valence-electron chi connectivity index (χ4n) is 3.84. The van der Waals surface area contributed by atoms with Gasteiger partial charge in [0.1, 0.15) is 5.75 Å². The van der Waals surface area contributed by atoms with Crippen molar-refractivity contribution >= 4 is 20.2 Å². The Balaban J connectivity index is 2.10. The van der Waals surface area contributed by atoms with Crippen LogP contribution in [0.3, 0.4) is 0 Å². The number of hydrogen-bond acceptors (Lipinski definition) is 10. The number of ether oxygens (including phenoxy) is 6. The molecule has 0 heterocycles. The van der Waals surface area contributed by atoms with Crippen LogP contribution in [0.15, 0.2) is 36.4 Å². The molecular formula is C26H30O12S2. The number of benzene rings is 3. The van der Waals surface area contributed by atoms with Gasteiger partial charge in [-0.2, -0.15) is 16.8 Å². The molecule has 0 aliphatic carbocycles. The molecule has 0 amide bonds. The van der Waals surface area contributed by atoms with Crippen molar-refractivity contribution in [1.82, 2.24) is 0 Å². The number of rotatable bonds is 12. The first-order chi connectivity index (χ1) is 18.6. The summed E-state index contributed by atoms with van der Waals surface area (Å²) in [7, 11) is -6.05. The second-order valence-electron chi connectivity index (χ2n) is 8.76. The molecule has 218 valence electrons. The van der Waals surface area contributed by atoms with Gasteiger partial charge >= 0.3 is 20.2 Å². The highest BCUT2D eigenvalue weighted by molar-refractivity contribution is 7.85. The Morgan fingerprint density at radius 1 is 0.600 bits per heavy atom. The van der Waals surface area contributed by atoms with E-state index in [2.05, 4.69) is 0 Å². The lowest BCUT2D eigenvalue weighted by Crippen LogP contribution is -2.12. The Bertz CT molecular complexity index is 1610. The standard InChI is InChI=1S/C26H30O12S2/c1-15-11-17(3)23(22(12-15)35-13-39(27,28)29)38-19-9-10-20(25(18(19)4)36-14-40(30,31)32)37-21-8-7-16(2)24(33-5)26(21)34-6/h7-12H,13-14H2,1-6H3,(H,27,28,29)(H,30,31,32). The zero-order valence-electron chi connectivity index (χ0n) is 22.7. The number of aryl methyl sites for hydroxylation is 3. The topological polar surface area (TPSA) is 164 Å². The third kappa shape index (κ3) is 7.69. The average Bonchev–Trinajstić information content (AvgIpc) is 2.85. The molecule has 40 heavy (non-hydrogen) atoms. The molecule has 2 N–H and O–H groups in total. The molecule has 0 saturated heterocycles. The van der Waals surface area contributed by atoms with E-state index in [-0.39, 0.29) is 45.8 Å². The van der Waals surface area contributed by atoms with E-state index in [4.69, 9.17) is 33.0 Å². The molecule has 0 atom stereocenters. The summed E-state index contributed by atoms with van der Waals surface area (Å²) < 4.78 is 97.7. The van der Waals surface area contributed by atoms with Crippen LogP contribution in [0.25, 0.3) is 0 Å². The highest BCUT2D eigenvalue weighted by Crippen LogP contribution is 2.47. The Morgan fingerprint density at radius 3 is 1.75 bits per heavy atom. The second-order valence-corrected chi connectivity index (χ2v) is 11.6. The van der Waals surface area contributed by atoms with E-state index in [1.807, 2.05) is 6.92 Å². The zero-order chi connectivity index (χ0) is 29.8. The average molecular weight is 599 g/mol. The van der Waals surface area contributed by atoms with Gasteiger partial charge in [0.15, 0.2) is 34.5 Å². The fraction of sp³-hybridized carbons (Fsp3) is 0.308. The van der Waals surface area contributed by atoms with Crippen LogP contribution in [0.4, 0.5) is 0 Å². The zero-order valence-corrected chi connectivity index (χ0v) is 24.3. The minimum Gasteiger partial charge on any atom is -0.492 e. The third-order valence-corrected chi connectivity index (χ3v) is 6.36. The van der Waals surface area contributed by atoms with E-state index in [1.165, 1.54) is 32.4 Å². The summed E-state index contributed by atoms with van der Waals surface area (Å²) in [6.07, 6.45) is 0. The smallest absolute Gasteiger partial charge is 0.300 e. The first-order valence-corrected chi connectivity index (χ1v) is 14.8. The van der Waals surface area contributed by atoms with Crippen LogP contribution >= 0.6 is 0 Å². The molecule has 0 aliphatic heterocycles. The third-order valence-electron chi connectivity index (χ3n) is 5.53. The second kappa shape index (κ2) is 12.2. The first kappa shape index (κ1) is 30.8. The molecule has 0 aliphatic rings. The van der Waals surface area contributed by atoms with Crippen molar-refractivity contribution in [1.29, 1.82) is 0 Å². The van der Waals surface area contributed by atoms with E-state index in [0.717, 1.165) is 11.1 Å². The molecule has 12 nitrogen and oxygen atoms in total. The van der Waals surface area contributed by atoms with Crippen LogP contribution in [0.1, 0.15) is 22.3 Å². The number of hydrogen-bond donors (Lipinski definition) is 2. The van der Waals surface area contributed by atoms with Crippen molar-refractivity contribution in [2.24, 2.45) is 0 Å². The van der Waals surface area contributed by atoms with Gasteiger partial charge in [0.2, 0.25) is 17.6 Å². The van der Waals surface area contributed by atoms with E-state index < -0.39 is 32.1 Å². The van der Waals surface area contributed by atoms with Crippen LogP contribution in [-0.2, 0) is 20.2 Å². The molecule has 0 bridgehead atoms. The molecule has 3 aromatic rings. The van der Waals surface area contributed by atoms with Crippen molar-refractivity contribution in [3.63, 3.8) is 0 Å². The number of methoxy groups -OCH3 is 2. The lowest BCUT2D eigenvalue weighted by atomic mass is 10.1. The fourth-order valence-corrected chi connectivity index (χ4v) is 4.39. The van der Waals surface area contributed by atoms with Gasteiger partial charge in [-0.1, -0.05) is 12.1 Å². The predicted octanol–water partition coefficient (Wildman–Crippen LogP) is 4.97. The summed E-state index contributed by atoms with van der Waals surface area (Å²) in [5.74, 6) is -0.732. The van der Waals surface area contributed by atoms with Crippen LogP contribution in [-0.4, -0.2) is 52.0 Å². The summed E-state index contributed by atoms with van der Waals surface area (Å²) in [4.78, 5) is 0. The highest BCUT2D eigenvalue weighted by atomic mass is 32.2. The lowest BCUT2D eigenvalue weighted by molar-refractivity contribution is 0.315. The van der Waals surface area contributed by atoms with Crippen molar-refractivity contribution < 1.29 is 54.4 Å². The largest absolute Gasteiger partial charge is 0.492 e. The highest BCUT2D eigenvalue weighted by Gasteiger charge is 2.22. The van der Waals surface area contributed by atoms with Crippen molar-refractivity contribution in [3.8, 4) is 46.0 Å². The molecule has 3 rings (SSSR count). The first-order valence-electron chi connectivity index (χ1n) is 11.6. The van der Waals surface area contributed by atoms with Gasteiger partial charge < -0.3 is 28.4 Å². The quantitative estimate of drug-likeness (QED) is 0.269. The summed E-state index contributed by atoms with van der Waals surface area (Å²) in [5.41, 5.74) is 2.40. The van der Waals surface area contributed by atoms with Crippen LogP contribution in [0, 0.1) is 27.7 Å². The Labute approximate surface area is 232 Å². The molecule has 0 saturated carbocycles. The summed E-state index contributed by atoms with van der Waals surface area (Å²) in [6.45, 7) is 6.87.